The summed E-state index contributed by atoms with van der Waals surface area (Å²) in [5.41, 5.74) is 0.843. The third kappa shape index (κ3) is 2.60. The van der Waals surface area contributed by atoms with Crippen LogP contribution in [0.4, 0.5) is 0 Å². The molecule has 1 heterocycles. The fourth-order valence-corrected chi connectivity index (χ4v) is 1.35. The van der Waals surface area contributed by atoms with Gasteiger partial charge in [-0.2, -0.15) is 0 Å². The van der Waals surface area contributed by atoms with Crippen LogP contribution in [0.5, 0.6) is 0 Å². The molecule has 0 bridgehead atoms. The van der Waals surface area contributed by atoms with E-state index in [1.165, 1.54) is 6.20 Å². The summed E-state index contributed by atoms with van der Waals surface area (Å²) in [4.78, 5) is 15.6. The first-order valence-corrected chi connectivity index (χ1v) is 5.21. The highest BCUT2D eigenvalue weighted by atomic mass is 16.4. The zero-order valence-electron chi connectivity index (χ0n) is 9.22. The van der Waals surface area contributed by atoms with E-state index in [0.29, 0.717) is 12.4 Å². The summed E-state index contributed by atoms with van der Waals surface area (Å²) in [6, 6.07) is 9.42. The van der Waals surface area contributed by atoms with Gasteiger partial charge >= 0.3 is 0 Å². The molecule has 0 atom stereocenters. The van der Waals surface area contributed by atoms with Crippen molar-refractivity contribution in [2.24, 2.45) is 0 Å². The third-order valence-corrected chi connectivity index (χ3v) is 2.16. The van der Waals surface area contributed by atoms with Gasteiger partial charge < -0.3 is 9.73 Å². The van der Waals surface area contributed by atoms with Crippen molar-refractivity contribution in [1.82, 2.24) is 10.3 Å². The molecule has 2 aromatic rings. The molecule has 86 valence electrons. The monoisotopic (exact) mass is 228 g/mol. The lowest BCUT2D eigenvalue weighted by atomic mass is 10.2. The molecule has 4 heteroatoms. The standard InChI is InChI=1S/C13H12N2O2/c1-2-8-14-12(16)11-9-15-13(17-11)10-6-4-3-5-7-10/h2-7,9H,1,8H2,(H,14,16). The maximum Gasteiger partial charge on any atom is 0.288 e. The van der Waals surface area contributed by atoms with Crippen LogP contribution in [-0.2, 0) is 0 Å². The van der Waals surface area contributed by atoms with Gasteiger partial charge in [0.25, 0.3) is 5.91 Å². The van der Waals surface area contributed by atoms with Gasteiger partial charge in [0.15, 0.2) is 0 Å². The van der Waals surface area contributed by atoms with Crippen LogP contribution in [0, 0.1) is 0 Å². The second kappa shape index (κ2) is 5.12. The van der Waals surface area contributed by atoms with E-state index in [1.54, 1.807) is 6.08 Å². The van der Waals surface area contributed by atoms with Gasteiger partial charge in [0.1, 0.15) is 0 Å². The first kappa shape index (κ1) is 11.1. The Morgan fingerprint density at radius 3 is 2.88 bits per heavy atom. The molecule has 0 aliphatic carbocycles. The van der Waals surface area contributed by atoms with Gasteiger partial charge in [0.2, 0.25) is 11.7 Å². The molecule has 0 aliphatic rings. The molecule has 0 saturated heterocycles. The first-order valence-electron chi connectivity index (χ1n) is 5.21. The van der Waals surface area contributed by atoms with Crippen LogP contribution >= 0.6 is 0 Å². The van der Waals surface area contributed by atoms with Gasteiger partial charge in [0.05, 0.1) is 6.20 Å². The maximum atomic E-state index is 11.6. The van der Waals surface area contributed by atoms with Crippen molar-refractivity contribution in [3.8, 4) is 11.5 Å². The number of oxazole rings is 1. The van der Waals surface area contributed by atoms with Crippen molar-refractivity contribution in [2.75, 3.05) is 6.54 Å². The molecule has 0 aliphatic heterocycles. The van der Waals surface area contributed by atoms with E-state index in [0.717, 1.165) is 5.56 Å². The van der Waals surface area contributed by atoms with Gasteiger partial charge in [-0.1, -0.05) is 24.3 Å². The highest BCUT2D eigenvalue weighted by Crippen LogP contribution is 2.18. The number of hydrogen-bond donors (Lipinski definition) is 1. The third-order valence-electron chi connectivity index (χ3n) is 2.16. The molecule has 1 aromatic carbocycles. The van der Waals surface area contributed by atoms with Crippen LogP contribution < -0.4 is 5.32 Å². The summed E-state index contributed by atoms with van der Waals surface area (Å²) in [6.45, 7) is 3.92. The lowest BCUT2D eigenvalue weighted by Crippen LogP contribution is -2.22. The summed E-state index contributed by atoms with van der Waals surface area (Å²) in [5.74, 6) is 0.347. The molecule has 1 N–H and O–H groups in total. The second-order valence-electron chi connectivity index (χ2n) is 3.39. The summed E-state index contributed by atoms with van der Waals surface area (Å²) >= 11 is 0. The van der Waals surface area contributed by atoms with Crippen molar-refractivity contribution < 1.29 is 9.21 Å². The summed E-state index contributed by atoms with van der Waals surface area (Å²) in [5, 5.41) is 2.62. The Balaban J connectivity index is 2.16. The highest BCUT2D eigenvalue weighted by Gasteiger charge is 2.12. The SMILES string of the molecule is C=CCNC(=O)c1cnc(-c2ccccc2)o1. The minimum Gasteiger partial charge on any atom is -0.431 e. The van der Waals surface area contributed by atoms with Gasteiger partial charge in [-0.05, 0) is 12.1 Å². The molecular weight excluding hydrogens is 216 g/mol. The van der Waals surface area contributed by atoms with Gasteiger partial charge in [-0.25, -0.2) is 4.98 Å². The number of benzene rings is 1. The number of carbonyl (C=O) groups excluding carboxylic acids is 1. The van der Waals surface area contributed by atoms with Crippen LogP contribution in [0.15, 0.2) is 53.6 Å². The number of aromatic nitrogens is 1. The minimum atomic E-state index is -0.292. The van der Waals surface area contributed by atoms with Gasteiger partial charge in [0, 0.05) is 12.1 Å². The van der Waals surface area contributed by atoms with Crippen LogP contribution in [-0.4, -0.2) is 17.4 Å². The highest BCUT2D eigenvalue weighted by molar-refractivity contribution is 5.91. The Kier molecular flexibility index (Phi) is 3.35. The summed E-state index contributed by atoms with van der Waals surface area (Å²) in [6.07, 6.45) is 3.02. The van der Waals surface area contributed by atoms with E-state index in [4.69, 9.17) is 4.42 Å². The minimum absolute atomic E-state index is 0.200. The summed E-state index contributed by atoms with van der Waals surface area (Å²) < 4.78 is 5.37. The largest absolute Gasteiger partial charge is 0.431 e. The topological polar surface area (TPSA) is 55.1 Å². The lowest BCUT2D eigenvalue weighted by molar-refractivity contribution is 0.0931. The first-order chi connectivity index (χ1) is 8.31. The Labute approximate surface area is 99.0 Å². The number of hydrogen-bond acceptors (Lipinski definition) is 3. The molecule has 1 aromatic heterocycles. The Hall–Kier alpha value is -2.36. The number of nitrogens with one attached hydrogen (secondary N) is 1. The second-order valence-corrected chi connectivity index (χ2v) is 3.39. The van der Waals surface area contributed by atoms with E-state index in [2.05, 4.69) is 16.9 Å². The molecule has 0 fully saturated rings. The Bertz CT molecular complexity index is 517. The van der Waals surface area contributed by atoms with E-state index < -0.39 is 0 Å². The molecule has 17 heavy (non-hydrogen) atoms. The van der Waals surface area contributed by atoms with Crippen molar-refractivity contribution in [2.45, 2.75) is 0 Å². The Morgan fingerprint density at radius 1 is 1.41 bits per heavy atom. The van der Waals surface area contributed by atoms with Crippen LogP contribution in [0.25, 0.3) is 11.5 Å². The predicted molar refractivity (Wildman–Crippen MR) is 64.5 cm³/mol. The molecule has 0 unspecified atom stereocenters. The maximum absolute atomic E-state index is 11.6. The fraction of sp³-hybridized carbons (Fsp3) is 0.0769. The zero-order chi connectivity index (χ0) is 12.1. The molecule has 2 rings (SSSR count). The smallest absolute Gasteiger partial charge is 0.288 e. The van der Waals surface area contributed by atoms with E-state index >= 15 is 0 Å². The molecule has 0 saturated carbocycles. The van der Waals surface area contributed by atoms with Crippen molar-refractivity contribution in [1.29, 1.82) is 0 Å². The Morgan fingerprint density at radius 2 is 2.18 bits per heavy atom. The number of rotatable bonds is 4. The van der Waals surface area contributed by atoms with Crippen molar-refractivity contribution in [3.05, 3.63) is 54.9 Å². The van der Waals surface area contributed by atoms with Crippen molar-refractivity contribution in [3.63, 3.8) is 0 Å². The molecule has 0 spiro atoms. The average molecular weight is 228 g/mol. The van der Waals surface area contributed by atoms with Crippen LogP contribution in [0.2, 0.25) is 0 Å². The number of nitrogens with zero attached hydrogens (tertiary/aromatic N) is 1. The van der Waals surface area contributed by atoms with E-state index in [1.807, 2.05) is 30.3 Å². The molecular formula is C13H12N2O2. The number of amides is 1. The molecule has 4 nitrogen and oxygen atoms in total. The summed E-state index contributed by atoms with van der Waals surface area (Å²) in [7, 11) is 0. The molecule has 1 amide bonds. The predicted octanol–water partition coefficient (Wildman–Crippen LogP) is 2.26. The van der Waals surface area contributed by atoms with Crippen molar-refractivity contribution >= 4 is 5.91 Å². The average Bonchev–Trinajstić information content (AvgIpc) is 2.86. The quantitative estimate of drug-likeness (QED) is 0.816. The molecule has 0 radical (unpaired) electrons. The zero-order valence-corrected chi connectivity index (χ0v) is 9.22. The van der Waals surface area contributed by atoms with E-state index in [-0.39, 0.29) is 11.7 Å². The normalized spacial score (nSPS) is 9.88. The van der Waals surface area contributed by atoms with Crippen LogP contribution in [0.1, 0.15) is 10.6 Å². The van der Waals surface area contributed by atoms with Gasteiger partial charge in [-0.15, -0.1) is 6.58 Å². The van der Waals surface area contributed by atoms with Gasteiger partial charge in [-0.3, -0.25) is 4.79 Å². The number of carbonyl (C=O) groups is 1. The fourth-order valence-electron chi connectivity index (χ4n) is 1.35. The lowest BCUT2D eigenvalue weighted by Gasteiger charge is -1.97. The van der Waals surface area contributed by atoms with E-state index in [9.17, 15) is 4.79 Å². The van der Waals surface area contributed by atoms with Crippen LogP contribution in [0.3, 0.4) is 0 Å².